The van der Waals surface area contributed by atoms with Crippen LogP contribution in [-0.4, -0.2) is 64.1 Å². The molecule has 4 rings (SSSR count). The molecule has 2 bridgehead atoms. The summed E-state index contributed by atoms with van der Waals surface area (Å²) in [5.74, 6) is 0.147. The molecule has 1 aliphatic heterocycles. The SMILES string of the molecule is CC(=O)N(C)C(CN1CCC(O)C1)c1ccccc1.CC(=O)n1c2ccc1cc2. The average Bonchev–Trinajstić information content (AvgIpc) is 3.42. The number of carbonyl (C=O) groups excluding carboxylic acids is 2. The molecule has 2 unspecified atom stereocenters. The summed E-state index contributed by atoms with van der Waals surface area (Å²) in [6.45, 7) is 5.54. The van der Waals surface area contributed by atoms with Gasteiger partial charge in [0.15, 0.2) is 0 Å². The van der Waals surface area contributed by atoms with E-state index in [1.165, 1.54) is 0 Å². The lowest BCUT2D eigenvalue weighted by atomic mass is 10.1. The van der Waals surface area contributed by atoms with E-state index in [1.54, 1.807) is 23.3 Å². The molecule has 0 spiro atoms. The number of fused-ring (bicyclic) bond motifs is 2. The molecule has 1 fully saturated rings. The monoisotopic (exact) mass is 395 g/mol. The van der Waals surface area contributed by atoms with E-state index in [9.17, 15) is 14.7 Å². The summed E-state index contributed by atoms with van der Waals surface area (Å²) in [7, 11) is 1.84. The van der Waals surface area contributed by atoms with E-state index in [1.807, 2.05) is 49.5 Å². The van der Waals surface area contributed by atoms with Crippen molar-refractivity contribution in [3.8, 4) is 0 Å². The molecule has 1 amide bonds. The molecular weight excluding hydrogens is 366 g/mol. The van der Waals surface area contributed by atoms with Crippen LogP contribution in [0, 0.1) is 0 Å². The van der Waals surface area contributed by atoms with Crippen LogP contribution in [0.1, 0.15) is 36.7 Å². The fourth-order valence-corrected chi connectivity index (χ4v) is 3.83. The van der Waals surface area contributed by atoms with E-state index in [-0.39, 0.29) is 24.0 Å². The van der Waals surface area contributed by atoms with Gasteiger partial charge in [-0.15, -0.1) is 0 Å². The van der Waals surface area contributed by atoms with Crippen LogP contribution in [0.2, 0.25) is 0 Å². The molecule has 2 atom stereocenters. The molecule has 0 radical (unpaired) electrons. The first-order valence-corrected chi connectivity index (χ1v) is 9.96. The minimum absolute atomic E-state index is 0.0454. The van der Waals surface area contributed by atoms with E-state index in [0.29, 0.717) is 6.54 Å². The third-order valence-corrected chi connectivity index (χ3v) is 5.51. The molecule has 0 saturated carbocycles. The van der Waals surface area contributed by atoms with Crippen LogP contribution < -0.4 is 0 Å². The molecule has 3 aromatic rings. The third-order valence-electron chi connectivity index (χ3n) is 5.51. The van der Waals surface area contributed by atoms with Crippen LogP contribution >= 0.6 is 0 Å². The minimum Gasteiger partial charge on any atom is -0.392 e. The summed E-state index contributed by atoms with van der Waals surface area (Å²) in [6.07, 6.45) is 0.602. The number of aliphatic hydroxyl groups excluding tert-OH is 1. The quantitative estimate of drug-likeness (QED) is 0.738. The van der Waals surface area contributed by atoms with Crippen molar-refractivity contribution < 1.29 is 14.7 Å². The summed E-state index contributed by atoms with van der Waals surface area (Å²) in [5.41, 5.74) is 3.12. The summed E-state index contributed by atoms with van der Waals surface area (Å²) >= 11 is 0. The fourth-order valence-electron chi connectivity index (χ4n) is 3.83. The highest BCUT2D eigenvalue weighted by atomic mass is 16.3. The van der Waals surface area contributed by atoms with Crippen LogP contribution in [0.15, 0.2) is 54.6 Å². The van der Waals surface area contributed by atoms with E-state index in [0.717, 1.165) is 36.1 Å². The Hall–Kier alpha value is -2.70. The van der Waals surface area contributed by atoms with Gasteiger partial charge in [0.25, 0.3) is 0 Å². The summed E-state index contributed by atoms with van der Waals surface area (Å²) in [5, 5.41) is 9.61. The van der Waals surface area contributed by atoms with Crippen LogP contribution in [0.5, 0.6) is 0 Å². The first-order chi connectivity index (χ1) is 13.9. The van der Waals surface area contributed by atoms with E-state index in [4.69, 9.17) is 0 Å². The topological polar surface area (TPSA) is 65.8 Å². The number of β-amino-alcohol motifs (C(OH)–C–C–N with tert-alkyl or cyclic N) is 1. The Morgan fingerprint density at radius 3 is 2.07 bits per heavy atom. The molecule has 1 N–H and O–H groups in total. The standard InChI is InChI=1S/C15H22N2O2.C8H7NO/c1-12(18)16(2)15(13-6-4-3-5-7-13)11-17-9-8-14(19)10-17;1-6(10)9-7-2-3-8(9)5-4-7/h3-7,14-15,19H,8-11H2,1-2H3;2-5H,1H3. The zero-order chi connectivity index (χ0) is 21.0. The molecule has 6 nitrogen and oxygen atoms in total. The number of rotatable bonds is 4. The van der Waals surface area contributed by atoms with Crippen LogP contribution in [0.3, 0.4) is 0 Å². The predicted octanol–water partition coefficient (Wildman–Crippen LogP) is 3.01. The second kappa shape index (κ2) is 9.20. The number of likely N-dealkylation sites (N-methyl/N-ethyl adjacent to an activating group) is 1. The number of benzene rings is 2. The van der Waals surface area contributed by atoms with Gasteiger partial charge >= 0.3 is 0 Å². The van der Waals surface area contributed by atoms with Gasteiger partial charge in [-0.05, 0) is 36.2 Å². The number of nitrogens with zero attached hydrogens (tertiary/aromatic N) is 3. The second-order valence-corrected chi connectivity index (χ2v) is 7.63. The van der Waals surface area contributed by atoms with E-state index in [2.05, 4.69) is 17.0 Å². The number of likely N-dealkylation sites (tertiary alicyclic amines) is 1. The molecule has 154 valence electrons. The number of aromatic nitrogens is 1. The normalized spacial score (nSPS) is 17.7. The lowest BCUT2D eigenvalue weighted by molar-refractivity contribution is -0.130. The molecule has 3 heterocycles. The number of aliphatic hydroxyl groups is 1. The molecular formula is C23H29N3O3. The summed E-state index contributed by atoms with van der Waals surface area (Å²) < 4.78 is 1.69. The Balaban J connectivity index is 0.000000200. The van der Waals surface area contributed by atoms with Crippen molar-refractivity contribution in [2.75, 3.05) is 26.7 Å². The van der Waals surface area contributed by atoms with Gasteiger partial charge in [0, 0.05) is 51.6 Å². The number of amides is 1. The molecule has 6 heteroatoms. The molecule has 0 aliphatic carbocycles. The summed E-state index contributed by atoms with van der Waals surface area (Å²) in [6, 6.07) is 17.9. The number of hydrogen-bond donors (Lipinski definition) is 1. The van der Waals surface area contributed by atoms with Crippen LogP contribution in [0.4, 0.5) is 0 Å². The maximum atomic E-state index is 11.7. The van der Waals surface area contributed by atoms with Crippen molar-refractivity contribution in [1.82, 2.24) is 14.4 Å². The Morgan fingerprint density at radius 1 is 1.07 bits per heavy atom. The zero-order valence-corrected chi connectivity index (χ0v) is 17.3. The smallest absolute Gasteiger partial charge is 0.228 e. The number of hydrogen-bond acceptors (Lipinski definition) is 4. The Morgan fingerprint density at radius 2 is 1.66 bits per heavy atom. The van der Waals surface area contributed by atoms with Gasteiger partial charge in [-0.1, -0.05) is 30.3 Å². The molecule has 1 aliphatic rings. The van der Waals surface area contributed by atoms with Gasteiger partial charge in [0.05, 0.1) is 12.1 Å². The zero-order valence-electron chi connectivity index (χ0n) is 17.3. The molecule has 1 aromatic carbocycles. The Bertz CT molecular complexity index is 889. The lowest BCUT2D eigenvalue weighted by Crippen LogP contribution is -2.38. The first-order valence-electron chi connectivity index (χ1n) is 9.96. The van der Waals surface area contributed by atoms with Gasteiger partial charge in [-0.2, -0.15) is 0 Å². The van der Waals surface area contributed by atoms with Gasteiger partial charge in [0.2, 0.25) is 11.8 Å². The second-order valence-electron chi connectivity index (χ2n) is 7.63. The average molecular weight is 396 g/mol. The van der Waals surface area contributed by atoms with E-state index < -0.39 is 0 Å². The molecule has 2 aromatic heterocycles. The minimum atomic E-state index is -0.223. The van der Waals surface area contributed by atoms with Crippen molar-refractivity contribution >= 4 is 22.8 Å². The van der Waals surface area contributed by atoms with Gasteiger partial charge in [-0.3, -0.25) is 19.1 Å². The highest BCUT2D eigenvalue weighted by Crippen LogP contribution is 2.23. The number of carbonyl (C=O) groups is 2. The Labute approximate surface area is 171 Å². The van der Waals surface area contributed by atoms with Crippen molar-refractivity contribution in [2.45, 2.75) is 32.4 Å². The third kappa shape index (κ3) is 5.02. The van der Waals surface area contributed by atoms with Crippen LogP contribution in [0.25, 0.3) is 11.0 Å². The maximum Gasteiger partial charge on any atom is 0.228 e. The highest BCUT2D eigenvalue weighted by Gasteiger charge is 2.26. The van der Waals surface area contributed by atoms with Crippen molar-refractivity contribution in [2.24, 2.45) is 0 Å². The highest BCUT2D eigenvalue weighted by molar-refractivity contribution is 5.90. The molecule has 1 saturated heterocycles. The van der Waals surface area contributed by atoms with E-state index >= 15 is 0 Å². The fraction of sp³-hybridized carbons (Fsp3) is 0.391. The van der Waals surface area contributed by atoms with Crippen molar-refractivity contribution in [1.29, 1.82) is 0 Å². The predicted molar refractivity (Wildman–Crippen MR) is 114 cm³/mol. The van der Waals surface area contributed by atoms with Gasteiger partial charge < -0.3 is 10.0 Å². The first kappa shape index (κ1) is 21.0. The molecule has 29 heavy (non-hydrogen) atoms. The van der Waals surface area contributed by atoms with Gasteiger partial charge in [-0.25, -0.2) is 0 Å². The van der Waals surface area contributed by atoms with Crippen molar-refractivity contribution in [3.05, 3.63) is 60.2 Å². The van der Waals surface area contributed by atoms with Gasteiger partial charge in [0.1, 0.15) is 0 Å². The van der Waals surface area contributed by atoms with Crippen LogP contribution in [-0.2, 0) is 4.79 Å². The Kier molecular flexibility index (Phi) is 6.67. The maximum absolute atomic E-state index is 11.7. The summed E-state index contributed by atoms with van der Waals surface area (Å²) in [4.78, 5) is 26.6. The largest absolute Gasteiger partial charge is 0.392 e. The lowest BCUT2D eigenvalue weighted by Gasteiger charge is -2.31. The van der Waals surface area contributed by atoms with Crippen molar-refractivity contribution in [3.63, 3.8) is 0 Å².